The molecule has 108 valence electrons. The minimum absolute atomic E-state index is 0.210. The number of ether oxygens (including phenoxy) is 1. The molecule has 0 aliphatic carbocycles. The predicted molar refractivity (Wildman–Crippen MR) is 75.3 cm³/mol. The van der Waals surface area contributed by atoms with Crippen molar-refractivity contribution in [2.24, 2.45) is 0 Å². The lowest BCUT2D eigenvalue weighted by Crippen LogP contribution is -2.23. The molecule has 21 heavy (non-hydrogen) atoms. The number of para-hydroxylation sites is 1. The van der Waals surface area contributed by atoms with E-state index in [9.17, 15) is 14.0 Å². The summed E-state index contributed by atoms with van der Waals surface area (Å²) in [5, 5.41) is 2.70. The van der Waals surface area contributed by atoms with E-state index in [1.807, 2.05) is 0 Å². The molecule has 0 aliphatic rings. The van der Waals surface area contributed by atoms with Gasteiger partial charge in [-0.3, -0.25) is 9.59 Å². The van der Waals surface area contributed by atoms with E-state index >= 15 is 0 Å². The van der Waals surface area contributed by atoms with Gasteiger partial charge < -0.3 is 10.1 Å². The summed E-state index contributed by atoms with van der Waals surface area (Å²) in [5.41, 5.74) is 1.05. The van der Waals surface area contributed by atoms with Crippen LogP contribution in [0.15, 0.2) is 48.5 Å². The van der Waals surface area contributed by atoms with Crippen LogP contribution in [-0.2, 0) is 11.3 Å². The fourth-order valence-corrected chi connectivity index (χ4v) is 1.78. The van der Waals surface area contributed by atoms with E-state index in [4.69, 9.17) is 4.74 Å². The third kappa shape index (κ3) is 4.14. The van der Waals surface area contributed by atoms with Crippen molar-refractivity contribution in [3.05, 3.63) is 65.5 Å². The van der Waals surface area contributed by atoms with Crippen molar-refractivity contribution in [2.45, 2.75) is 13.5 Å². The molecule has 0 heterocycles. The highest BCUT2D eigenvalue weighted by Gasteiger charge is 2.13. The van der Waals surface area contributed by atoms with Gasteiger partial charge in [-0.2, -0.15) is 0 Å². The largest absolute Gasteiger partial charge is 0.426 e. The molecule has 0 fully saturated rings. The number of halogens is 1. The summed E-state index contributed by atoms with van der Waals surface area (Å²) < 4.78 is 17.8. The van der Waals surface area contributed by atoms with Gasteiger partial charge in [-0.05, 0) is 29.8 Å². The van der Waals surface area contributed by atoms with Gasteiger partial charge in [-0.15, -0.1) is 0 Å². The summed E-state index contributed by atoms with van der Waals surface area (Å²) in [4.78, 5) is 23.1. The molecule has 4 nitrogen and oxygen atoms in total. The van der Waals surface area contributed by atoms with Crippen molar-refractivity contribution < 1.29 is 18.7 Å². The fraction of sp³-hybridized carbons (Fsp3) is 0.125. The van der Waals surface area contributed by atoms with Crippen LogP contribution in [0.5, 0.6) is 5.75 Å². The van der Waals surface area contributed by atoms with Gasteiger partial charge in [0.15, 0.2) is 0 Å². The predicted octanol–water partition coefficient (Wildman–Crippen LogP) is 2.68. The summed E-state index contributed by atoms with van der Waals surface area (Å²) in [6.07, 6.45) is 0. The van der Waals surface area contributed by atoms with E-state index in [1.54, 1.807) is 36.4 Å². The van der Waals surface area contributed by atoms with Crippen LogP contribution in [0.2, 0.25) is 0 Å². The molecule has 0 bridgehead atoms. The second-order valence-electron chi connectivity index (χ2n) is 4.40. The zero-order valence-electron chi connectivity index (χ0n) is 11.4. The second kappa shape index (κ2) is 6.65. The molecule has 0 radical (unpaired) electrons. The van der Waals surface area contributed by atoms with E-state index in [-0.39, 0.29) is 29.6 Å². The second-order valence-corrected chi connectivity index (χ2v) is 4.40. The molecule has 2 rings (SSSR count). The Kier molecular flexibility index (Phi) is 4.66. The Bertz CT molecular complexity index is 653. The molecule has 0 atom stereocenters. The molecule has 2 aromatic rings. The van der Waals surface area contributed by atoms with Crippen LogP contribution in [0.25, 0.3) is 0 Å². The van der Waals surface area contributed by atoms with Crippen LogP contribution in [-0.4, -0.2) is 11.9 Å². The standard InChI is InChI=1S/C16H14FNO3/c1-11(19)21-15-5-3-2-4-14(15)16(20)18-10-12-6-8-13(17)9-7-12/h2-9H,10H2,1H3,(H,18,20). The van der Waals surface area contributed by atoms with E-state index in [0.29, 0.717) is 0 Å². The Hall–Kier alpha value is -2.69. The molecule has 2 aromatic carbocycles. The maximum absolute atomic E-state index is 12.8. The lowest BCUT2D eigenvalue weighted by atomic mass is 10.1. The summed E-state index contributed by atoms with van der Waals surface area (Å²) in [6, 6.07) is 12.3. The van der Waals surface area contributed by atoms with E-state index in [1.165, 1.54) is 19.1 Å². The number of esters is 1. The van der Waals surface area contributed by atoms with Crippen molar-refractivity contribution in [3.63, 3.8) is 0 Å². The highest BCUT2D eigenvalue weighted by molar-refractivity contribution is 5.97. The minimum atomic E-state index is -0.492. The van der Waals surface area contributed by atoms with Crippen LogP contribution in [0.4, 0.5) is 4.39 Å². The summed E-state index contributed by atoms with van der Waals surface area (Å²) in [5.74, 6) is -0.975. The minimum Gasteiger partial charge on any atom is -0.426 e. The van der Waals surface area contributed by atoms with Gasteiger partial charge in [0.05, 0.1) is 5.56 Å². The Morgan fingerprint density at radius 1 is 1.10 bits per heavy atom. The number of hydrogen-bond donors (Lipinski definition) is 1. The van der Waals surface area contributed by atoms with Gasteiger partial charge >= 0.3 is 5.97 Å². The van der Waals surface area contributed by atoms with E-state index < -0.39 is 5.97 Å². The van der Waals surface area contributed by atoms with Gasteiger partial charge in [0.2, 0.25) is 0 Å². The topological polar surface area (TPSA) is 55.4 Å². The number of carbonyl (C=O) groups is 2. The first-order valence-corrected chi connectivity index (χ1v) is 6.36. The molecule has 1 N–H and O–H groups in total. The Balaban J connectivity index is 2.06. The highest BCUT2D eigenvalue weighted by atomic mass is 19.1. The number of rotatable bonds is 4. The van der Waals surface area contributed by atoms with Crippen LogP contribution in [0, 0.1) is 5.82 Å². The van der Waals surface area contributed by atoms with Crippen molar-refractivity contribution in [1.29, 1.82) is 0 Å². The number of amides is 1. The SMILES string of the molecule is CC(=O)Oc1ccccc1C(=O)NCc1ccc(F)cc1. The van der Waals surface area contributed by atoms with Crippen LogP contribution in [0.1, 0.15) is 22.8 Å². The van der Waals surface area contributed by atoms with Gasteiger partial charge in [0.25, 0.3) is 5.91 Å². The zero-order chi connectivity index (χ0) is 15.2. The van der Waals surface area contributed by atoms with Crippen LogP contribution >= 0.6 is 0 Å². The lowest BCUT2D eigenvalue weighted by molar-refractivity contribution is -0.131. The number of benzene rings is 2. The number of nitrogens with one attached hydrogen (secondary N) is 1. The first-order valence-electron chi connectivity index (χ1n) is 6.36. The monoisotopic (exact) mass is 287 g/mol. The van der Waals surface area contributed by atoms with Crippen LogP contribution < -0.4 is 10.1 Å². The lowest BCUT2D eigenvalue weighted by Gasteiger charge is -2.09. The van der Waals surface area contributed by atoms with Crippen LogP contribution in [0.3, 0.4) is 0 Å². The van der Waals surface area contributed by atoms with Crippen molar-refractivity contribution in [3.8, 4) is 5.75 Å². The Morgan fingerprint density at radius 3 is 2.43 bits per heavy atom. The molecule has 0 unspecified atom stereocenters. The molecular formula is C16H14FNO3. The third-order valence-electron chi connectivity index (χ3n) is 2.75. The average Bonchev–Trinajstić information content (AvgIpc) is 2.46. The molecule has 5 heteroatoms. The maximum atomic E-state index is 12.8. The van der Waals surface area contributed by atoms with E-state index in [2.05, 4.69) is 5.32 Å². The fourth-order valence-electron chi connectivity index (χ4n) is 1.78. The quantitative estimate of drug-likeness (QED) is 0.695. The molecule has 1 amide bonds. The van der Waals surface area contributed by atoms with Gasteiger partial charge in [0.1, 0.15) is 11.6 Å². The molecule has 0 spiro atoms. The van der Waals surface area contributed by atoms with Crippen molar-refractivity contribution in [2.75, 3.05) is 0 Å². The summed E-state index contributed by atoms with van der Waals surface area (Å²) >= 11 is 0. The molecule has 0 aromatic heterocycles. The smallest absolute Gasteiger partial charge is 0.308 e. The molecule has 0 saturated heterocycles. The molecular weight excluding hydrogens is 273 g/mol. The first kappa shape index (κ1) is 14.7. The zero-order valence-corrected chi connectivity index (χ0v) is 11.4. The number of carbonyl (C=O) groups excluding carboxylic acids is 2. The van der Waals surface area contributed by atoms with Crippen molar-refractivity contribution in [1.82, 2.24) is 5.32 Å². The number of hydrogen-bond acceptors (Lipinski definition) is 3. The highest BCUT2D eigenvalue weighted by Crippen LogP contribution is 2.18. The Labute approximate surface area is 121 Å². The first-order chi connectivity index (χ1) is 10.1. The summed E-state index contributed by atoms with van der Waals surface area (Å²) in [6.45, 7) is 1.53. The normalized spacial score (nSPS) is 10.0. The Morgan fingerprint density at radius 2 is 1.76 bits per heavy atom. The molecule has 0 saturated carbocycles. The van der Waals surface area contributed by atoms with Gasteiger partial charge in [-0.1, -0.05) is 24.3 Å². The maximum Gasteiger partial charge on any atom is 0.308 e. The average molecular weight is 287 g/mol. The summed E-state index contributed by atoms with van der Waals surface area (Å²) in [7, 11) is 0. The van der Waals surface area contributed by atoms with Gasteiger partial charge in [-0.25, -0.2) is 4.39 Å². The van der Waals surface area contributed by atoms with E-state index in [0.717, 1.165) is 5.56 Å². The van der Waals surface area contributed by atoms with Gasteiger partial charge in [0, 0.05) is 13.5 Å². The molecule has 0 aliphatic heterocycles. The third-order valence-corrected chi connectivity index (χ3v) is 2.75. The van der Waals surface area contributed by atoms with Crippen molar-refractivity contribution >= 4 is 11.9 Å².